The Bertz CT molecular complexity index is 640. The fraction of sp³-hybridized carbons (Fsp3) is 0.167. The van der Waals surface area contributed by atoms with Crippen LogP contribution >= 0.6 is 0 Å². The van der Waals surface area contributed by atoms with Gasteiger partial charge in [0.15, 0.2) is 11.6 Å². The Hall–Kier alpha value is -2.51. The molecule has 0 aliphatic carbocycles. The van der Waals surface area contributed by atoms with Crippen LogP contribution in [0.15, 0.2) is 29.5 Å². The van der Waals surface area contributed by atoms with E-state index in [2.05, 4.69) is 14.8 Å². The van der Waals surface area contributed by atoms with Crippen molar-refractivity contribution in [3.63, 3.8) is 0 Å². The van der Waals surface area contributed by atoms with Crippen LogP contribution in [0.3, 0.4) is 0 Å². The van der Waals surface area contributed by atoms with E-state index in [1.54, 1.807) is 13.1 Å². The van der Waals surface area contributed by atoms with Gasteiger partial charge in [-0.3, -0.25) is 0 Å². The molecule has 0 bridgehead atoms. The SMILES string of the molecule is Cc1cn(N=Cc2ccc(OC(F)F)c(F)c2)c(N)n1. The lowest BCUT2D eigenvalue weighted by molar-refractivity contribution is -0.0521. The van der Waals surface area contributed by atoms with E-state index >= 15 is 0 Å². The highest BCUT2D eigenvalue weighted by atomic mass is 19.3. The van der Waals surface area contributed by atoms with Crippen LogP contribution in [0.2, 0.25) is 0 Å². The summed E-state index contributed by atoms with van der Waals surface area (Å²) in [4.78, 5) is 3.94. The quantitative estimate of drug-likeness (QED) is 0.877. The summed E-state index contributed by atoms with van der Waals surface area (Å²) in [5, 5.41) is 3.98. The third-order valence-corrected chi connectivity index (χ3v) is 2.34. The maximum atomic E-state index is 13.5. The average Bonchev–Trinajstić information content (AvgIpc) is 2.68. The van der Waals surface area contributed by atoms with Crippen LogP contribution in [0.25, 0.3) is 0 Å². The zero-order valence-corrected chi connectivity index (χ0v) is 10.4. The van der Waals surface area contributed by atoms with Gasteiger partial charge in [-0.15, -0.1) is 0 Å². The Morgan fingerprint density at radius 2 is 2.20 bits per heavy atom. The van der Waals surface area contributed by atoms with Crippen molar-refractivity contribution in [2.24, 2.45) is 5.10 Å². The van der Waals surface area contributed by atoms with Gasteiger partial charge in [0.05, 0.1) is 18.1 Å². The van der Waals surface area contributed by atoms with E-state index < -0.39 is 18.2 Å². The third-order valence-electron chi connectivity index (χ3n) is 2.34. The molecule has 0 atom stereocenters. The highest BCUT2D eigenvalue weighted by Crippen LogP contribution is 2.19. The number of aryl methyl sites for hydroxylation is 1. The normalized spacial score (nSPS) is 11.4. The summed E-state index contributed by atoms with van der Waals surface area (Å²) in [5.74, 6) is -1.23. The average molecular weight is 284 g/mol. The number of anilines is 1. The first kappa shape index (κ1) is 13.9. The van der Waals surface area contributed by atoms with Crippen molar-refractivity contribution < 1.29 is 17.9 Å². The Morgan fingerprint density at radius 1 is 1.45 bits per heavy atom. The van der Waals surface area contributed by atoms with E-state index in [-0.39, 0.29) is 5.95 Å². The van der Waals surface area contributed by atoms with Crippen LogP contribution < -0.4 is 10.5 Å². The second-order valence-electron chi connectivity index (χ2n) is 3.90. The second kappa shape index (κ2) is 5.64. The monoisotopic (exact) mass is 284 g/mol. The molecule has 0 fully saturated rings. The van der Waals surface area contributed by atoms with Gasteiger partial charge in [-0.05, 0) is 30.7 Å². The first-order valence-electron chi connectivity index (χ1n) is 5.56. The number of benzene rings is 1. The molecule has 0 aliphatic heterocycles. The van der Waals surface area contributed by atoms with Gasteiger partial charge in [-0.25, -0.2) is 14.1 Å². The highest BCUT2D eigenvalue weighted by molar-refractivity contribution is 5.79. The van der Waals surface area contributed by atoms with Crippen LogP contribution in [-0.4, -0.2) is 22.5 Å². The number of nitrogens with two attached hydrogens (primary N) is 1. The third kappa shape index (κ3) is 3.28. The molecule has 1 aromatic heterocycles. The standard InChI is InChI=1S/C12H11F3N4O/c1-7-6-19(12(16)18-7)17-5-8-2-3-10(9(13)4-8)20-11(14)15/h2-6,11H,1H3,(H2,16,18). The van der Waals surface area contributed by atoms with Gasteiger partial charge in [0.2, 0.25) is 5.95 Å². The van der Waals surface area contributed by atoms with Gasteiger partial charge in [0, 0.05) is 0 Å². The molecule has 8 heteroatoms. The summed E-state index contributed by atoms with van der Waals surface area (Å²) in [6, 6.07) is 3.52. The van der Waals surface area contributed by atoms with E-state index in [4.69, 9.17) is 5.73 Å². The van der Waals surface area contributed by atoms with Gasteiger partial charge in [0.25, 0.3) is 0 Å². The van der Waals surface area contributed by atoms with Crippen molar-refractivity contribution in [1.82, 2.24) is 9.66 Å². The summed E-state index contributed by atoms with van der Waals surface area (Å²) in [6.07, 6.45) is 2.92. The Morgan fingerprint density at radius 3 is 2.75 bits per heavy atom. The van der Waals surface area contributed by atoms with Gasteiger partial charge in [-0.2, -0.15) is 13.9 Å². The first-order chi connectivity index (χ1) is 9.45. The van der Waals surface area contributed by atoms with Crippen LogP contribution in [0, 0.1) is 12.7 Å². The predicted molar refractivity (Wildman–Crippen MR) is 67.4 cm³/mol. The molecule has 0 saturated carbocycles. The smallest absolute Gasteiger partial charge is 0.387 e. The fourth-order valence-corrected chi connectivity index (χ4v) is 1.51. The minimum absolute atomic E-state index is 0.192. The Balaban J connectivity index is 2.18. The number of nitrogen functional groups attached to an aromatic ring is 1. The maximum Gasteiger partial charge on any atom is 0.387 e. The summed E-state index contributed by atoms with van der Waals surface area (Å²) in [7, 11) is 0. The number of nitrogens with zero attached hydrogens (tertiary/aromatic N) is 3. The summed E-state index contributed by atoms with van der Waals surface area (Å²) < 4.78 is 42.7. The van der Waals surface area contributed by atoms with Crippen molar-refractivity contribution in [3.8, 4) is 5.75 Å². The van der Waals surface area contributed by atoms with Crippen LogP contribution in [-0.2, 0) is 0 Å². The molecule has 0 unspecified atom stereocenters. The Labute approximate surface area is 112 Å². The maximum absolute atomic E-state index is 13.5. The molecule has 2 aromatic rings. The van der Waals surface area contributed by atoms with Crippen molar-refractivity contribution in [2.45, 2.75) is 13.5 Å². The van der Waals surface area contributed by atoms with Crippen molar-refractivity contribution in [2.75, 3.05) is 5.73 Å². The number of ether oxygens (including phenoxy) is 1. The molecular weight excluding hydrogens is 273 g/mol. The molecule has 20 heavy (non-hydrogen) atoms. The number of rotatable bonds is 4. The molecule has 1 aromatic carbocycles. The van der Waals surface area contributed by atoms with E-state index in [0.29, 0.717) is 11.3 Å². The molecule has 2 rings (SSSR count). The lowest BCUT2D eigenvalue weighted by Gasteiger charge is -2.05. The van der Waals surface area contributed by atoms with E-state index in [0.717, 1.165) is 12.1 Å². The predicted octanol–water partition coefficient (Wildman–Crippen LogP) is 2.40. The highest BCUT2D eigenvalue weighted by Gasteiger charge is 2.09. The number of halogens is 3. The number of alkyl halides is 2. The van der Waals surface area contributed by atoms with Crippen molar-refractivity contribution >= 4 is 12.2 Å². The topological polar surface area (TPSA) is 65.4 Å². The summed E-state index contributed by atoms with van der Waals surface area (Å²) >= 11 is 0. The van der Waals surface area contributed by atoms with Crippen LogP contribution in [0.1, 0.15) is 11.3 Å². The number of aromatic nitrogens is 2. The lowest BCUT2D eigenvalue weighted by atomic mass is 10.2. The lowest BCUT2D eigenvalue weighted by Crippen LogP contribution is -2.04. The number of hydrogen-bond donors (Lipinski definition) is 1. The van der Waals surface area contributed by atoms with Gasteiger partial charge in [0.1, 0.15) is 0 Å². The molecule has 0 amide bonds. The van der Waals surface area contributed by atoms with Crippen LogP contribution in [0.4, 0.5) is 19.1 Å². The van der Waals surface area contributed by atoms with Gasteiger partial charge in [-0.1, -0.05) is 0 Å². The molecule has 2 N–H and O–H groups in total. The molecule has 0 radical (unpaired) electrons. The van der Waals surface area contributed by atoms with Gasteiger partial charge >= 0.3 is 6.61 Å². The van der Waals surface area contributed by atoms with E-state index in [1.165, 1.54) is 17.0 Å². The molecule has 0 aliphatic rings. The minimum atomic E-state index is -3.07. The molecule has 0 saturated heterocycles. The zero-order chi connectivity index (χ0) is 14.7. The molecular formula is C12H11F3N4O. The summed E-state index contributed by atoms with van der Waals surface area (Å²) in [5.41, 5.74) is 6.63. The number of hydrogen-bond acceptors (Lipinski definition) is 4. The second-order valence-corrected chi connectivity index (χ2v) is 3.90. The first-order valence-corrected chi connectivity index (χ1v) is 5.56. The largest absolute Gasteiger partial charge is 0.432 e. The number of imidazole rings is 1. The zero-order valence-electron chi connectivity index (χ0n) is 10.4. The molecule has 5 nitrogen and oxygen atoms in total. The van der Waals surface area contributed by atoms with Crippen LogP contribution in [0.5, 0.6) is 5.75 Å². The molecule has 0 spiro atoms. The fourth-order valence-electron chi connectivity index (χ4n) is 1.51. The van der Waals surface area contributed by atoms with Crippen molar-refractivity contribution in [1.29, 1.82) is 0 Å². The molecule has 106 valence electrons. The van der Waals surface area contributed by atoms with Crippen molar-refractivity contribution in [3.05, 3.63) is 41.5 Å². The van der Waals surface area contributed by atoms with Gasteiger partial charge < -0.3 is 10.5 Å². The molecule has 1 heterocycles. The summed E-state index contributed by atoms with van der Waals surface area (Å²) in [6.45, 7) is -1.32. The van der Waals surface area contributed by atoms with E-state index in [9.17, 15) is 13.2 Å². The van der Waals surface area contributed by atoms with E-state index in [1.807, 2.05) is 0 Å². The minimum Gasteiger partial charge on any atom is -0.432 e. The Kier molecular flexibility index (Phi) is 3.92.